The Morgan fingerprint density at radius 1 is 1.67 bits per heavy atom. The third-order valence-electron chi connectivity index (χ3n) is 1.94. The van der Waals surface area contributed by atoms with Gasteiger partial charge in [-0.3, -0.25) is 5.21 Å². The van der Waals surface area contributed by atoms with E-state index in [4.69, 9.17) is 16.6 Å². The third-order valence-corrected chi connectivity index (χ3v) is 4.28. The zero-order valence-electron chi connectivity index (χ0n) is 7.86. The van der Waals surface area contributed by atoms with E-state index < -0.39 is 0 Å². The second-order valence-corrected chi connectivity index (χ2v) is 5.08. The van der Waals surface area contributed by atoms with Gasteiger partial charge in [-0.25, -0.2) is 5.06 Å². The summed E-state index contributed by atoms with van der Waals surface area (Å²) in [7, 11) is 0. The first kappa shape index (κ1) is 11.1. The van der Waals surface area contributed by atoms with Crippen molar-refractivity contribution in [1.82, 2.24) is 0 Å². The van der Waals surface area contributed by atoms with Crippen LogP contribution in [0.2, 0.25) is 0 Å². The molecule has 0 aliphatic rings. The van der Waals surface area contributed by atoms with Gasteiger partial charge in [0.2, 0.25) is 5.88 Å². The Bertz CT molecular complexity index is 549. The van der Waals surface area contributed by atoms with Gasteiger partial charge in [-0.05, 0) is 22.9 Å². The molecule has 0 fully saturated rings. The fourth-order valence-corrected chi connectivity index (χ4v) is 2.98. The van der Waals surface area contributed by atoms with Crippen molar-refractivity contribution in [3.8, 4) is 0 Å². The normalized spacial score (nSPS) is 10.9. The number of hydrogen-bond donors (Lipinski definition) is 1. The lowest BCUT2D eigenvalue weighted by atomic mass is 10.4. The van der Waals surface area contributed by atoms with E-state index in [1.165, 1.54) is 11.3 Å². The maximum Gasteiger partial charge on any atom is 0.221 e. The van der Waals surface area contributed by atoms with Gasteiger partial charge >= 0.3 is 0 Å². The zero-order valence-corrected chi connectivity index (χ0v) is 11.1. The van der Waals surface area contributed by atoms with Crippen LogP contribution in [0, 0.1) is 4.51 Å². The number of nitrogens with zero attached hydrogens (tertiary/aromatic N) is 1. The molecule has 2 heterocycles. The number of halogens is 1. The summed E-state index contributed by atoms with van der Waals surface area (Å²) in [5, 5.41) is 12.5. The van der Waals surface area contributed by atoms with Crippen molar-refractivity contribution in [3.63, 3.8) is 0 Å². The number of fused-ring (bicyclic) bond motifs is 1. The minimum Gasteiger partial charge on any atom is -0.436 e. The lowest BCUT2D eigenvalue weighted by Crippen LogP contribution is -2.16. The molecule has 0 aliphatic heterocycles. The Labute approximate surface area is 104 Å². The highest BCUT2D eigenvalue weighted by atomic mass is 79.9. The molecule has 0 spiro atoms. The van der Waals surface area contributed by atoms with Crippen LogP contribution in [-0.2, 0) is 0 Å². The summed E-state index contributed by atoms with van der Waals surface area (Å²) in [6.07, 6.45) is 0. The molecule has 0 atom stereocenters. The number of thiophene rings is 1. The number of rotatable bonds is 2. The molecule has 2 rings (SSSR count). The van der Waals surface area contributed by atoms with Gasteiger partial charge in [-0.2, -0.15) is 0 Å². The highest BCUT2D eigenvalue weighted by Crippen LogP contribution is 2.34. The van der Waals surface area contributed by atoms with Gasteiger partial charge in [0.25, 0.3) is 0 Å². The second-order valence-electron chi connectivity index (χ2n) is 2.91. The van der Waals surface area contributed by atoms with E-state index in [1.54, 1.807) is 6.07 Å². The van der Waals surface area contributed by atoms with E-state index in [-0.39, 0.29) is 0 Å². The third kappa shape index (κ3) is 1.94. The molecule has 0 unspecified atom stereocenters. The van der Waals surface area contributed by atoms with Crippen molar-refractivity contribution in [2.24, 2.45) is 0 Å². The van der Waals surface area contributed by atoms with Gasteiger partial charge in [0.05, 0.1) is 13.7 Å². The summed E-state index contributed by atoms with van der Waals surface area (Å²) >= 11 is 10.1. The lowest BCUT2D eigenvalue weighted by molar-refractivity contribution is 0.239. The molecule has 6 heteroatoms. The van der Waals surface area contributed by atoms with E-state index in [1.807, 2.05) is 12.3 Å². The standard InChI is InChI=1S/C9H8BrNO2S2/c1-2-11(12)7-3-6(14)9-8(13-7)5(10)4-15-9/h3-4,12H,2H2,1H3. The molecule has 15 heavy (non-hydrogen) atoms. The fraction of sp³-hybridized carbons (Fsp3) is 0.222. The first-order chi connectivity index (χ1) is 7.13. The van der Waals surface area contributed by atoms with Crippen molar-refractivity contribution in [1.29, 1.82) is 0 Å². The first-order valence-electron chi connectivity index (χ1n) is 4.30. The van der Waals surface area contributed by atoms with E-state index in [2.05, 4.69) is 15.9 Å². The predicted molar refractivity (Wildman–Crippen MR) is 67.4 cm³/mol. The molecular weight excluding hydrogens is 298 g/mol. The average Bonchev–Trinajstić information content (AvgIpc) is 2.60. The number of hydrogen-bond acceptors (Lipinski definition) is 5. The number of anilines is 1. The van der Waals surface area contributed by atoms with Gasteiger partial charge in [0, 0.05) is 18.0 Å². The minimum atomic E-state index is 0.370. The summed E-state index contributed by atoms with van der Waals surface area (Å²) in [5.74, 6) is 0.370. The molecule has 0 saturated heterocycles. The van der Waals surface area contributed by atoms with Crippen molar-refractivity contribution < 1.29 is 9.62 Å². The largest absolute Gasteiger partial charge is 0.436 e. The molecule has 0 aromatic carbocycles. The van der Waals surface area contributed by atoms with E-state index >= 15 is 0 Å². The summed E-state index contributed by atoms with van der Waals surface area (Å²) in [6, 6.07) is 1.66. The smallest absolute Gasteiger partial charge is 0.221 e. The maximum atomic E-state index is 9.52. The van der Waals surface area contributed by atoms with Crippen LogP contribution in [0.5, 0.6) is 0 Å². The molecular formula is C9H8BrNO2S2. The molecule has 2 aromatic heterocycles. The van der Waals surface area contributed by atoms with Crippen molar-refractivity contribution in [3.05, 3.63) is 20.4 Å². The Hall–Kier alpha value is -0.430. The fourth-order valence-electron chi connectivity index (χ4n) is 1.19. The Kier molecular flexibility index (Phi) is 3.11. The van der Waals surface area contributed by atoms with Crippen molar-refractivity contribution >= 4 is 55.7 Å². The zero-order chi connectivity index (χ0) is 11.0. The van der Waals surface area contributed by atoms with Gasteiger partial charge in [-0.1, -0.05) is 12.2 Å². The van der Waals surface area contributed by atoms with Crippen LogP contribution in [0.25, 0.3) is 10.3 Å². The Balaban J connectivity index is 2.70. The maximum absolute atomic E-state index is 9.52. The van der Waals surface area contributed by atoms with Gasteiger partial charge in [0.15, 0.2) is 5.58 Å². The molecule has 0 saturated carbocycles. The molecule has 80 valence electrons. The SMILES string of the molecule is CCN(O)c1cc(=S)c2scc(Br)c2o1. The quantitative estimate of drug-likeness (QED) is 0.666. The highest BCUT2D eigenvalue weighted by molar-refractivity contribution is 9.10. The van der Waals surface area contributed by atoms with Gasteiger partial charge in [-0.15, -0.1) is 11.3 Å². The van der Waals surface area contributed by atoms with Crippen molar-refractivity contribution in [2.45, 2.75) is 6.92 Å². The molecule has 0 amide bonds. The van der Waals surface area contributed by atoms with E-state index in [0.29, 0.717) is 22.5 Å². The summed E-state index contributed by atoms with van der Waals surface area (Å²) in [4.78, 5) is 0. The topological polar surface area (TPSA) is 36.6 Å². The molecule has 1 N–H and O–H groups in total. The van der Waals surface area contributed by atoms with Crippen LogP contribution in [0.4, 0.5) is 5.88 Å². The van der Waals surface area contributed by atoms with Crippen LogP contribution >= 0.6 is 39.5 Å². The summed E-state index contributed by atoms with van der Waals surface area (Å²) in [6.45, 7) is 2.27. The highest BCUT2D eigenvalue weighted by Gasteiger charge is 2.10. The van der Waals surface area contributed by atoms with Gasteiger partial charge in [0.1, 0.15) is 0 Å². The Morgan fingerprint density at radius 2 is 2.40 bits per heavy atom. The lowest BCUT2D eigenvalue weighted by Gasteiger charge is -2.12. The van der Waals surface area contributed by atoms with E-state index in [0.717, 1.165) is 14.2 Å². The van der Waals surface area contributed by atoms with Crippen molar-refractivity contribution in [2.75, 3.05) is 11.6 Å². The summed E-state index contributed by atoms with van der Waals surface area (Å²) in [5.41, 5.74) is 0.690. The molecule has 0 aliphatic carbocycles. The summed E-state index contributed by atoms with van der Waals surface area (Å²) < 4.78 is 8.01. The molecule has 0 bridgehead atoms. The average molecular weight is 306 g/mol. The second kappa shape index (κ2) is 4.21. The monoisotopic (exact) mass is 305 g/mol. The minimum absolute atomic E-state index is 0.370. The Morgan fingerprint density at radius 3 is 3.07 bits per heavy atom. The first-order valence-corrected chi connectivity index (χ1v) is 6.39. The molecule has 0 radical (unpaired) electrons. The predicted octanol–water partition coefficient (Wildman–Crippen LogP) is 4.20. The van der Waals surface area contributed by atoms with Gasteiger partial charge < -0.3 is 4.42 Å². The van der Waals surface area contributed by atoms with Crippen LogP contribution in [0.15, 0.2) is 20.3 Å². The van der Waals surface area contributed by atoms with Crippen LogP contribution < -0.4 is 5.06 Å². The van der Waals surface area contributed by atoms with E-state index in [9.17, 15) is 5.21 Å². The van der Waals surface area contributed by atoms with Crippen LogP contribution in [0.1, 0.15) is 6.92 Å². The number of hydroxylamine groups is 1. The van der Waals surface area contributed by atoms with Crippen LogP contribution in [-0.4, -0.2) is 11.8 Å². The molecule has 3 nitrogen and oxygen atoms in total. The van der Waals surface area contributed by atoms with Crippen LogP contribution in [0.3, 0.4) is 0 Å². The molecule has 2 aromatic rings.